The Morgan fingerprint density at radius 3 is 2.59 bits per heavy atom. The predicted octanol–water partition coefficient (Wildman–Crippen LogP) is 4.21. The monoisotopic (exact) mass is 391 g/mol. The first kappa shape index (κ1) is 18.8. The summed E-state index contributed by atoms with van der Waals surface area (Å²) in [6.07, 6.45) is 4.07. The largest absolute Gasteiger partial charge is 0.370 e. The molecule has 7 nitrogen and oxygen atoms in total. The van der Waals surface area contributed by atoms with Crippen molar-refractivity contribution in [3.63, 3.8) is 0 Å². The Balaban J connectivity index is 1.50. The number of halogens is 1. The Kier molecular flexibility index (Phi) is 5.07. The fraction of sp³-hybridized carbons (Fsp3) is 0.238. The molecule has 0 aliphatic rings. The normalized spacial score (nSPS) is 11.0. The number of nitrogens with one attached hydrogen (secondary N) is 3. The molecule has 3 N–H and O–H groups in total. The fourth-order valence-corrected chi connectivity index (χ4v) is 3.47. The van der Waals surface area contributed by atoms with E-state index >= 15 is 0 Å². The number of hydrogen-bond acceptors (Lipinski definition) is 6. The molecule has 0 saturated heterocycles. The van der Waals surface area contributed by atoms with Crippen molar-refractivity contribution in [2.45, 2.75) is 27.2 Å². The Morgan fingerprint density at radius 2 is 1.79 bits per heavy atom. The maximum atomic E-state index is 14.1. The number of aryl methyl sites for hydroxylation is 3. The molecule has 0 spiro atoms. The number of benzene rings is 1. The quantitative estimate of drug-likeness (QED) is 0.456. The molecule has 0 aliphatic heterocycles. The zero-order valence-corrected chi connectivity index (χ0v) is 16.5. The predicted molar refractivity (Wildman–Crippen MR) is 112 cm³/mol. The van der Waals surface area contributed by atoms with E-state index < -0.39 is 0 Å². The number of fused-ring (bicyclic) bond motifs is 1. The van der Waals surface area contributed by atoms with Gasteiger partial charge < -0.3 is 15.6 Å². The minimum Gasteiger partial charge on any atom is -0.370 e. The highest BCUT2D eigenvalue weighted by molar-refractivity contribution is 5.88. The van der Waals surface area contributed by atoms with Crippen molar-refractivity contribution in [1.82, 2.24) is 24.9 Å². The van der Waals surface area contributed by atoms with Gasteiger partial charge in [-0.3, -0.25) is 0 Å². The van der Waals surface area contributed by atoms with Crippen LogP contribution in [0.25, 0.3) is 10.9 Å². The van der Waals surface area contributed by atoms with Crippen molar-refractivity contribution < 1.29 is 4.39 Å². The molecule has 0 amide bonds. The highest BCUT2D eigenvalue weighted by Gasteiger charge is 2.14. The Labute approximate surface area is 167 Å². The lowest BCUT2D eigenvalue weighted by atomic mass is 10.0. The van der Waals surface area contributed by atoms with Gasteiger partial charge in [-0.1, -0.05) is 6.07 Å². The summed E-state index contributed by atoms with van der Waals surface area (Å²) >= 11 is 0. The second-order valence-electron chi connectivity index (χ2n) is 6.90. The lowest BCUT2D eigenvalue weighted by molar-refractivity contribution is 0.637. The summed E-state index contributed by atoms with van der Waals surface area (Å²) in [6.45, 7) is 6.47. The topological polar surface area (TPSA) is 91.4 Å². The molecular formula is C21H22FN7. The molecule has 0 atom stereocenters. The summed E-state index contributed by atoms with van der Waals surface area (Å²) in [5.74, 6) is 2.21. The van der Waals surface area contributed by atoms with E-state index in [4.69, 9.17) is 0 Å². The van der Waals surface area contributed by atoms with Crippen LogP contribution >= 0.6 is 0 Å². The summed E-state index contributed by atoms with van der Waals surface area (Å²) in [7, 11) is 0. The van der Waals surface area contributed by atoms with Crippen LogP contribution < -0.4 is 10.6 Å². The van der Waals surface area contributed by atoms with Crippen LogP contribution in [0.3, 0.4) is 0 Å². The molecule has 3 aromatic heterocycles. The van der Waals surface area contributed by atoms with E-state index in [0.29, 0.717) is 35.5 Å². The van der Waals surface area contributed by atoms with Gasteiger partial charge >= 0.3 is 0 Å². The average Bonchev–Trinajstić information content (AvgIpc) is 3.03. The van der Waals surface area contributed by atoms with E-state index in [9.17, 15) is 4.39 Å². The van der Waals surface area contributed by atoms with Crippen LogP contribution in [-0.2, 0) is 6.42 Å². The molecule has 0 fully saturated rings. The molecule has 1 aromatic carbocycles. The number of rotatable bonds is 6. The highest BCUT2D eigenvalue weighted by Crippen LogP contribution is 2.28. The van der Waals surface area contributed by atoms with Gasteiger partial charge in [-0.05, 0) is 50.5 Å². The Hall–Kier alpha value is -3.55. The third kappa shape index (κ3) is 4.01. The second kappa shape index (κ2) is 7.83. The van der Waals surface area contributed by atoms with Crippen LogP contribution in [0.15, 0.2) is 36.7 Å². The van der Waals surface area contributed by atoms with Crippen molar-refractivity contribution in [3.05, 3.63) is 65.1 Å². The van der Waals surface area contributed by atoms with Gasteiger partial charge in [-0.25, -0.2) is 24.3 Å². The molecule has 148 valence electrons. The van der Waals surface area contributed by atoms with Crippen LogP contribution in [0.2, 0.25) is 0 Å². The first-order chi connectivity index (χ1) is 14.0. The average molecular weight is 391 g/mol. The smallest absolute Gasteiger partial charge is 0.228 e. The molecule has 4 aromatic rings. The van der Waals surface area contributed by atoms with Crippen LogP contribution in [-0.4, -0.2) is 31.5 Å². The van der Waals surface area contributed by atoms with Crippen molar-refractivity contribution in [2.75, 3.05) is 17.2 Å². The number of nitrogens with zero attached hydrogens (tertiary/aromatic N) is 4. The van der Waals surface area contributed by atoms with Gasteiger partial charge in [0.1, 0.15) is 23.3 Å². The van der Waals surface area contributed by atoms with Crippen LogP contribution in [0.5, 0.6) is 0 Å². The molecule has 0 radical (unpaired) electrons. The maximum Gasteiger partial charge on any atom is 0.228 e. The summed E-state index contributed by atoms with van der Waals surface area (Å²) < 4.78 is 14.1. The third-order valence-corrected chi connectivity index (χ3v) is 4.75. The van der Waals surface area contributed by atoms with Gasteiger partial charge in [0.05, 0.1) is 5.52 Å². The molecule has 3 heterocycles. The van der Waals surface area contributed by atoms with Crippen molar-refractivity contribution >= 4 is 28.5 Å². The summed E-state index contributed by atoms with van der Waals surface area (Å²) in [6, 6.07) is 6.89. The second-order valence-corrected chi connectivity index (χ2v) is 6.90. The van der Waals surface area contributed by atoms with E-state index in [1.165, 1.54) is 6.07 Å². The minimum absolute atomic E-state index is 0.224. The number of aromatic nitrogens is 5. The number of hydrogen-bond donors (Lipinski definition) is 3. The van der Waals surface area contributed by atoms with Crippen molar-refractivity contribution in [1.29, 1.82) is 0 Å². The third-order valence-electron chi connectivity index (χ3n) is 4.75. The lowest BCUT2D eigenvalue weighted by Gasteiger charge is -2.10. The Morgan fingerprint density at radius 1 is 1.03 bits per heavy atom. The summed E-state index contributed by atoms with van der Waals surface area (Å²) in [5.41, 5.74) is 3.74. The van der Waals surface area contributed by atoms with Crippen LogP contribution in [0, 0.1) is 26.6 Å². The lowest BCUT2D eigenvalue weighted by Crippen LogP contribution is -2.09. The molecule has 0 unspecified atom stereocenters. The molecule has 0 aliphatic carbocycles. The summed E-state index contributed by atoms with van der Waals surface area (Å²) in [4.78, 5) is 20.3. The first-order valence-electron chi connectivity index (χ1n) is 9.41. The molecule has 8 heteroatoms. The van der Waals surface area contributed by atoms with E-state index in [1.807, 2.05) is 32.9 Å². The number of H-pyrrole nitrogens is 1. The van der Waals surface area contributed by atoms with Crippen molar-refractivity contribution in [3.8, 4) is 0 Å². The highest BCUT2D eigenvalue weighted by atomic mass is 19.1. The van der Waals surface area contributed by atoms with Gasteiger partial charge in [0.15, 0.2) is 0 Å². The Bertz CT molecular complexity index is 1150. The number of aromatic amines is 1. The van der Waals surface area contributed by atoms with Crippen LogP contribution in [0.1, 0.15) is 22.6 Å². The van der Waals surface area contributed by atoms with Gasteiger partial charge in [-0.15, -0.1) is 0 Å². The van der Waals surface area contributed by atoms with Gasteiger partial charge in [0.25, 0.3) is 0 Å². The van der Waals surface area contributed by atoms with Gasteiger partial charge in [-0.2, -0.15) is 0 Å². The first-order valence-corrected chi connectivity index (χ1v) is 9.41. The molecule has 29 heavy (non-hydrogen) atoms. The van der Waals surface area contributed by atoms with Gasteiger partial charge in [0.2, 0.25) is 5.95 Å². The molecular weight excluding hydrogens is 369 g/mol. The number of anilines is 3. The molecule has 4 rings (SSSR count). The van der Waals surface area contributed by atoms with Crippen molar-refractivity contribution in [2.24, 2.45) is 0 Å². The molecule has 0 bridgehead atoms. The fourth-order valence-electron chi connectivity index (χ4n) is 3.47. The van der Waals surface area contributed by atoms with E-state index in [0.717, 1.165) is 28.6 Å². The minimum atomic E-state index is -0.224. The zero-order chi connectivity index (χ0) is 20.4. The standard InChI is InChI=1S/C21H22FN7/c1-12-5-6-16(22)20-19(12)15(13(2)26-20)7-10-23-17-11-18(28-14(3)27-17)29-21-24-8-4-9-25-21/h4-6,8-9,11,26H,7,10H2,1-3H3,(H2,23,24,25,27,28,29). The van der Waals surface area contributed by atoms with E-state index in [2.05, 4.69) is 35.6 Å². The van der Waals surface area contributed by atoms with Crippen LogP contribution in [0.4, 0.5) is 22.0 Å². The molecule has 0 saturated carbocycles. The summed E-state index contributed by atoms with van der Waals surface area (Å²) in [5, 5.41) is 7.38. The SMILES string of the molecule is Cc1nc(NCCc2c(C)[nH]c3c(F)ccc(C)c23)cc(Nc2ncccn2)n1. The maximum absolute atomic E-state index is 14.1. The van der Waals surface area contributed by atoms with E-state index in [-0.39, 0.29) is 5.82 Å². The van der Waals surface area contributed by atoms with Gasteiger partial charge in [0, 0.05) is 36.1 Å². The van der Waals surface area contributed by atoms with E-state index in [1.54, 1.807) is 18.5 Å². The zero-order valence-electron chi connectivity index (χ0n) is 16.5.